The van der Waals surface area contributed by atoms with Gasteiger partial charge in [0.25, 0.3) is 0 Å². The molecular formula is C15H21N5O. The van der Waals surface area contributed by atoms with Gasteiger partial charge >= 0.3 is 0 Å². The number of hydrogen-bond acceptors (Lipinski definition) is 3. The first-order chi connectivity index (χ1) is 10.2. The van der Waals surface area contributed by atoms with E-state index in [4.69, 9.17) is 0 Å². The van der Waals surface area contributed by atoms with Gasteiger partial charge in [-0.2, -0.15) is 5.10 Å². The average molecular weight is 287 g/mol. The van der Waals surface area contributed by atoms with Crippen molar-refractivity contribution in [2.75, 3.05) is 18.4 Å². The van der Waals surface area contributed by atoms with Crippen molar-refractivity contribution in [2.45, 2.75) is 25.9 Å². The number of fused-ring (bicyclic) bond motifs is 1. The van der Waals surface area contributed by atoms with E-state index in [1.54, 1.807) is 17.1 Å². The number of amides is 1. The minimum Gasteiger partial charge on any atom is -0.349 e. The number of carbonyl (C=O) groups excluding carboxylic acids is 1. The van der Waals surface area contributed by atoms with Crippen molar-refractivity contribution in [3.05, 3.63) is 36.4 Å². The summed E-state index contributed by atoms with van der Waals surface area (Å²) >= 11 is 0. The van der Waals surface area contributed by atoms with E-state index in [0.717, 1.165) is 25.2 Å². The molecule has 1 N–H and O–H groups in total. The van der Waals surface area contributed by atoms with Crippen molar-refractivity contribution < 1.29 is 4.79 Å². The van der Waals surface area contributed by atoms with Gasteiger partial charge in [0.1, 0.15) is 0 Å². The average Bonchev–Trinajstić information content (AvgIpc) is 3.07. The number of rotatable bonds is 4. The molecule has 1 atom stereocenters. The first-order valence-corrected chi connectivity index (χ1v) is 7.35. The Hall–Kier alpha value is -2.08. The Kier molecular flexibility index (Phi) is 3.79. The summed E-state index contributed by atoms with van der Waals surface area (Å²) in [5, 5.41) is 6.96. The van der Waals surface area contributed by atoms with Crippen molar-refractivity contribution in [3.8, 4) is 0 Å². The second-order valence-corrected chi connectivity index (χ2v) is 5.47. The number of nitrogens with one attached hydrogen (secondary N) is 1. The second-order valence-electron chi connectivity index (χ2n) is 5.47. The van der Waals surface area contributed by atoms with Crippen LogP contribution in [-0.2, 0) is 18.4 Å². The van der Waals surface area contributed by atoms with Crippen molar-refractivity contribution in [3.63, 3.8) is 0 Å². The largest absolute Gasteiger partial charge is 0.349 e. The Bertz CT molecular complexity index is 630. The van der Waals surface area contributed by atoms with Crippen LogP contribution < -0.4 is 5.32 Å². The van der Waals surface area contributed by atoms with Crippen LogP contribution in [0, 0.1) is 0 Å². The molecule has 112 valence electrons. The predicted octanol–water partition coefficient (Wildman–Crippen LogP) is 1.63. The number of aromatic nitrogens is 3. The van der Waals surface area contributed by atoms with Gasteiger partial charge in [0, 0.05) is 38.2 Å². The molecule has 1 aliphatic rings. The molecule has 0 saturated carbocycles. The summed E-state index contributed by atoms with van der Waals surface area (Å²) in [6.07, 6.45) is 6.59. The fourth-order valence-corrected chi connectivity index (χ4v) is 3.04. The third-order valence-corrected chi connectivity index (χ3v) is 4.00. The molecule has 0 aliphatic carbocycles. The van der Waals surface area contributed by atoms with E-state index in [0.29, 0.717) is 12.6 Å². The highest BCUT2D eigenvalue weighted by Crippen LogP contribution is 2.28. The van der Waals surface area contributed by atoms with Gasteiger partial charge in [-0.15, -0.1) is 0 Å². The van der Waals surface area contributed by atoms with Crippen LogP contribution in [0.5, 0.6) is 0 Å². The zero-order valence-corrected chi connectivity index (χ0v) is 12.5. The van der Waals surface area contributed by atoms with E-state index in [9.17, 15) is 4.79 Å². The molecular weight excluding hydrogens is 266 g/mol. The highest BCUT2D eigenvalue weighted by atomic mass is 16.2. The summed E-state index contributed by atoms with van der Waals surface area (Å²) in [6.45, 7) is 4.43. The molecule has 6 heteroatoms. The Morgan fingerprint density at radius 1 is 1.48 bits per heavy atom. The summed E-state index contributed by atoms with van der Waals surface area (Å²) in [5.41, 5.74) is 2.05. The van der Waals surface area contributed by atoms with Gasteiger partial charge < -0.3 is 9.88 Å². The van der Waals surface area contributed by atoms with Crippen LogP contribution >= 0.6 is 0 Å². The third-order valence-electron chi connectivity index (χ3n) is 4.00. The molecule has 1 aliphatic heterocycles. The SMILES string of the molecule is CC[C@@H]1c2cccn2CCN1CC(=O)Nc1cnn(C)c1. The Labute approximate surface area is 124 Å². The first-order valence-electron chi connectivity index (χ1n) is 7.35. The topological polar surface area (TPSA) is 55.1 Å². The lowest BCUT2D eigenvalue weighted by molar-refractivity contribution is -0.118. The molecule has 0 radical (unpaired) electrons. The molecule has 0 unspecified atom stereocenters. The molecule has 3 heterocycles. The number of nitrogens with zero attached hydrogens (tertiary/aromatic N) is 4. The van der Waals surface area contributed by atoms with Crippen LogP contribution in [0.2, 0.25) is 0 Å². The maximum absolute atomic E-state index is 12.2. The number of carbonyl (C=O) groups is 1. The lowest BCUT2D eigenvalue weighted by Crippen LogP contribution is -2.42. The van der Waals surface area contributed by atoms with Crippen LogP contribution in [0.1, 0.15) is 25.1 Å². The highest BCUT2D eigenvalue weighted by molar-refractivity contribution is 5.92. The Balaban J connectivity index is 1.66. The monoisotopic (exact) mass is 287 g/mol. The second kappa shape index (κ2) is 5.73. The van der Waals surface area contributed by atoms with Crippen LogP contribution in [-0.4, -0.2) is 38.2 Å². The van der Waals surface area contributed by atoms with Gasteiger partial charge in [0.05, 0.1) is 24.5 Å². The molecule has 21 heavy (non-hydrogen) atoms. The van der Waals surface area contributed by atoms with Gasteiger partial charge in [0.15, 0.2) is 0 Å². The van der Waals surface area contributed by atoms with E-state index < -0.39 is 0 Å². The van der Waals surface area contributed by atoms with E-state index >= 15 is 0 Å². The molecule has 2 aromatic heterocycles. The third kappa shape index (κ3) is 2.85. The normalized spacial score (nSPS) is 18.5. The quantitative estimate of drug-likeness (QED) is 0.930. The van der Waals surface area contributed by atoms with E-state index in [2.05, 4.69) is 45.1 Å². The lowest BCUT2D eigenvalue weighted by Gasteiger charge is -2.36. The summed E-state index contributed by atoms with van der Waals surface area (Å²) in [6, 6.07) is 4.55. The summed E-state index contributed by atoms with van der Waals surface area (Å²) in [7, 11) is 1.83. The number of anilines is 1. The Morgan fingerprint density at radius 2 is 2.33 bits per heavy atom. The first kappa shape index (κ1) is 13.9. The lowest BCUT2D eigenvalue weighted by atomic mass is 10.1. The summed E-state index contributed by atoms with van der Waals surface area (Å²) < 4.78 is 3.96. The zero-order chi connectivity index (χ0) is 14.8. The smallest absolute Gasteiger partial charge is 0.238 e. The highest BCUT2D eigenvalue weighted by Gasteiger charge is 2.27. The maximum atomic E-state index is 12.2. The zero-order valence-electron chi connectivity index (χ0n) is 12.5. The molecule has 0 aromatic carbocycles. The van der Waals surface area contributed by atoms with Crippen molar-refractivity contribution >= 4 is 11.6 Å². The Morgan fingerprint density at radius 3 is 3.05 bits per heavy atom. The van der Waals surface area contributed by atoms with Crippen LogP contribution in [0.4, 0.5) is 5.69 Å². The fourth-order valence-electron chi connectivity index (χ4n) is 3.04. The van der Waals surface area contributed by atoms with Crippen molar-refractivity contribution in [2.24, 2.45) is 7.05 Å². The van der Waals surface area contributed by atoms with Gasteiger partial charge in [-0.25, -0.2) is 0 Å². The van der Waals surface area contributed by atoms with Gasteiger partial charge in [-0.1, -0.05) is 6.92 Å². The summed E-state index contributed by atoms with van der Waals surface area (Å²) in [4.78, 5) is 14.5. The van der Waals surface area contributed by atoms with E-state index in [1.165, 1.54) is 5.69 Å². The standard InChI is InChI=1S/C15H21N5O/c1-3-13-14-5-4-6-19(14)7-8-20(13)11-15(21)17-12-9-16-18(2)10-12/h4-6,9-10,13H,3,7-8,11H2,1-2H3,(H,17,21)/t13-/m1/s1. The van der Waals surface area contributed by atoms with Crippen molar-refractivity contribution in [1.82, 2.24) is 19.2 Å². The maximum Gasteiger partial charge on any atom is 0.238 e. The van der Waals surface area contributed by atoms with E-state index in [1.807, 2.05) is 7.05 Å². The fraction of sp³-hybridized carbons (Fsp3) is 0.467. The predicted molar refractivity (Wildman–Crippen MR) is 80.9 cm³/mol. The van der Waals surface area contributed by atoms with Gasteiger partial charge in [-0.05, 0) is 18.6 Å². The number of aryl methyl sites for hydroxylation is 1. The number of hydrogen-bond donors (Lipinski definition) is 1. The molecule has 0 fully saturated rings. The van der Waals surface area contributed by atoms with Crippen LogP contribution in [0.15, 0.2) is 30.7 Å². The van der Waals surface area contributed by atoms with E-state index in [-0.39, 0.29) is 5.91 Å². The molecule has 3 rings (SSSR count). The molecule has 0 saturated heterocycles. The molecule has 0 spiro atoms. The van der Waals surface area contributed by atoms with Crippen LogP contribution in [0.3, 0.4) is 0 Å². The van der Waals surface area contributed by atoms with Gasteiger partial charge in [0.2, 0.25) is 5.91 Å². The molecule has 1 amide bonds. The molecule has 6 nitrogen and oxygen atoms in total. The minimum absolute atomic E-state index is 0.0152. The summed E-state index contributed by atoms with van der Waals surface area (Å²) in [5.74, 6) is 0.0152. The van der Waals surface area contributed by atoms with Crippen molar-refractivity contribution in [1.29, 1.82) is 0 Å². The van der Waals surface area contributed by atoms with Crippen LogP contribution in [0.25, 0.3) is 0 Å². The molecule has 0 bridgehead atoms. The minimum atomic E-state index is 0.0152. The molecule has 2 aromatic rings. The van der Waals surface area contributed by atoms with Gasteiger partial charge in [-0.3, -0.25) is 14.4 Å².